The number of hydrogen-bond acceptors (Lipinski definition) is 7. The number of hydrogen-bond donors (Lipinski definition) is 3. The van der Waals surface area contributed by atoms with Gasteiger partial charge in [0.1, 0.15) is 18.5 Å². The Hall–Kier alpha value is -1.88. The van der Waals surface area contributed by atoms with Crippen LogP contribution >= 0.6 is 0 Å². The Labute approximate surface area is 170 Å². The van der Waals surface area contributed by atoms with Crippen LogP contribution in [0.4, 0.5) is 4.79 Å². The number of amides is 1. The van der Waals surface area contributed by atoms with Crippen LogP contribution in [0.5, 0.6) is 5.75 Å². The van der Waals surface area contributed by atoms with Crippen LogP contribution in [-0.4, -0.2) is 86.5 Å². The molecule has 2 saturated heterocycles. The molecule has 0 aromatic heterocycles. The zero-order valence-electron chi connectivity index (χ0n) is 16.4. The lowest BCUT2D eigenvalue weighted by Gasteiger charge is -2.37. The maximum absolute atomic E-state index is 11.6. The van der Waals surface area contributed by atoms with E-state index in [1.165, 1.54) is 17.0 Å². The molecule has 1 aromatic carbocycles. The molecule has 0 radical (unpaired) electrons. The van der Waals surface area contributed by atoms with Gasteiger partial charge in [-0.05, 0) is 37.5 Å². The molecule has 2 fully saturated rings. The van der Waals surface area contributed by atoms with Crippen LogP contribution in [0.2, 0.25) is 0 Å². The summed E-state index contributed by atoms with van der Waals surface area (Å²) in [4.78, 5) is 12.6. The van der Waals surface area contributed by atoms with Crippen molar-refractivity contribution in [2.24, 2.45) is 0 Å². The number of aliphatic hydroxyl groups excluding tert-OH is 1. The topological polar surface area (TPSA) is 125 Å². The Morgan fingerprint density at radius 3 is 2.79 bits per heavy atom. The summed E-state index contributed by atoms with van der Waals surface area (Å²) >= 11 is 0. The van der Waals surface area contributed by atoms with E-state index in [-0.39, 0.29) is 23.1 Å². The number of piperidine rings is 1. The molecular formula is C19H28N2O7S. The van der Waals surface area contributed by atoms with Gasteiger partial charge in [-0.1, -0.05) is 6.07 Å². The molecule has 2 atom stereocenters. The average Bonchev–Trinajstić information content (AvgIpc) is 3.07. The van der Waals surface area contributed by atoms with Crippen molar-refractivity contribution in [2.75, 3.05) is 39.1 Å². The molecule has 0 bridgehead atoms. The summed E-state index contributed by atoms with van der Waals surface area (Å²) in [5.41, 5.74) is -0.281. The number of nitrogens with zero attached hydrogens (tertiary/aromatic N) is 1. The first-order valence-corrected chi connectivity index (χ1v) is 11.5. The molecule has 3 rings (SSSR count). The normalized spacial score (nSPS) is 22.6. The lowest BCUT2D eigenvalue weighted by Crippen LogP contribution is -2.46. The van der Waals surface area contributed by atoms with Crippen LogP contribution in [0.3, 0.4) is 0 Å². The molecule has 3 N–H and O–H groups in total. The molecule has 1 unspecified atom stereocenters. The fraction of sp³-hybridized carbons (Fsp3) is 0.632. The van der Waals surface area contributed by atoms with E-state index in [2.05, 4.69) is 5.32 Å². The highest BCUT2D eigenvalue weighted by Gasteiger charge is 2.43. The summed E-state index contributed by atoms with van der Waals surface area (Å²) in [5, 5.41) is 22.5. The zero-order valence-corrected chi connectivity index (χ0v) is 17.2. The number of aliphatic hydroxyl groups is 1. The van der Waals surface area contributed by atoms with Crippen molar-refractivity contribution in [2.45, 2.75) is 41.9 Å². The third-order valence-corrected chi connectivity index (χ3v) is 6.58. The Morgan fingerprint density at radius 1 is 1.41 bits per heavy atom. The first-order chi connectivity index (χ1) is 13.7. The summed E-state index contributed by atoms with van der Waals surface area (Å²) in [5.74, 6) is 0.389. The molecule has 2 aliphatic rings. The van der Waals surface area contributed by atoms with E-state index in [9.17, 15) is 18.3 Å². The molecule has 0 saturated carbocycles. The Bertz CT molecular complexity index is 822. The lowest BCUT2D eigenvalue weighted by molar-refractivity contribution is -0.0395. The average molecular weight is 429 g/mol. The highest BCUT2D eigenvalue weighted by atomic mass is 32.2. The molecule has 1 aromatic rings. The van der Waals surface area contributed by atoms with E-state index >= 15 is 0 Å². The van der Waals surface area contributed by atoms with Crippen LogP contribution in [0.25, 0.3) is 0 Å². The van der Waals surface area contributed by atoms with Crippen LogP contribution < -0.4 is 10.1 Å². The van der Waals surface area contributed by atoms with E-state index in [0.717, 1.165) is 12.7 Å². The summed E-state index contributed by atoms with van der Waals surface area (Å²) in [6.07, 6.45) is 1.62. The lowest BCUT2D eigenvalue weighted by atomic mass is 9.87. The van der Waals surface area contributed by atoms with E-state index in [0.29, 0.717) is 44.8 Å². The fourth-order valence-electron chi connectivity index (χ4n) is 3.78. The second-order valence-corrected chi connectivity index (χ2v) is 9.80. The van der Waals surface area contributed by atoms with Gasteiger partial charge >= 0.3 is 6.09 Å². The number of rotatable bonds is 7. The molecule has 9 nitrogen and oxygen atoms in total. The van der Waals surface area contributed by atoms with Crippen molar-refractivity contribution >= 4 is 15.9 Å². The highest BCUT2D eigenvalue weighted by Crippen LogP contribution is 2.35. The number of benzene rings is 1. The Kier molecular flexibility index (Phi) is 6.67. The minimum Gasteiger partial charge on any atom is -0.491 e. The van der Waals surface area contributed by atoms with Gasteiger partial charge < -0.3 is 29.9 Å². The minimum atomic E-state index is -3.31. The van der Waals surface area contributed by atoms with Crippen LogP contribution in [0.15, 0.2) is 29.2 Å². The van der Waals surface area contributed by atoms with E-state index in [1.54, 1.807) is 12.1 Å². The fourth-order valence-corrected chi connectivity index (χ4v) is 4.43. The quantitative estimate of drug-likeness (QED) is 0.580. The molecule has 0 aliphatic carbocycles. The molecule has 1 spiro atoms. The second-order valence-electron chi connectivity index (χ2n) is 7.78. The van der Waals surface area contributed by atoms with E-state index < -0.39 is 22.0 Å². The van der Waals surface area contributed by atoms with Gasteiger partial charge in [0.25, 0.3) is 0 Å². The van der Waals surface area contributed by atoms with Gasteiger partial charge in [0.15, 0.2) is 9.84 Å². The summed E-state index contributed by atoms with van der Waals surface area (Å²) in [6, 6.07) is 6.27. The van der Waals surface area contributed by atoms with Crippen molar-refractivity contribution < 1.29 is 32.9 Å². The number of carbonyl (C=O) groups is 1. The van der Waals surface area contributed by atoms with Crippen molar-refractivity contribution in [1.29, 1.82) is 0 Å². The Balaban J connectivity index is 1.40. The predicted molar refractivity (Wildman–Crippen MR) is 105 cm³/mol. The van der Waals surface area contributed by atoms with Crippen molar-refractivity contribution in [3.05, 3.63) is 24.3 Å². The number of ether oxygens (including phenoxy) is 2. The van der Waals surface area contributed by atoms with Crippen LogP contribution in [0, 0.1) is 0 Å². The number of nitrogens with one attached hydrogen (secondary N) is 1. The number of carboxylic acid groups (broad SMARTS) is 1. The summed E-state index contributed by atoms with van der Waals surface area (Å²) in [6.45, 7) is 1.83. The second kappa shape index (κ2) is 8.86. The van der Waals surface area contributed by atoms with Crippen LogP contribution in [0.1, 0.15) is 19.3 Å². The molecule has 2 heterocycles. The Morgan fingerprint density at radius 2 is 2.14 bits per heavy atom. The molecule has 162 valence electrons. The van der Waals surface area contributed by atoms with Gasteiger partial charge in [-0.25, -0.2) is 13.2 Å². The number of likely N-dealkylation sites (tertiary alicyclic amines) is 1. The summed E-state index contributed by atoms with van der Waals surface area (Å²) < 4.78 is 34.7. The highest BCUT2D eigenvalue weighted by molar-refractivity contribution is 7.90. The van der Waals surface area contributed by atoms with Crippen LogP contribution in [-0.2, 0) is 14.6 Å². The molecule has 10 heteroatoms. The van der Waals surface area contributed by atoms with Gasteiger partial charge in [-0.3, -0.25) is 0 Å². The summed E-state index contributed by atoms with van der Waals surface area (Å²) in [7, 11) is -3.31. The standard InChI is InChI=1S/C19H28N2O7S/c1-29(25,26)17-4-2-3-16(9-17)27-13-15(22)11-20-14-10-19(28-12-14)5-7-21(8-6-19)18(23)24/h2-4,9,14-15,20,22H,5-8,10-13H2,1H3,(H,23,24)/t14?,15-/m0/s1. The maximum atomic E-state index is 11.6. The smallest absolute Gasteiger partial charge is 0.407 e. The number of sulfone groups is 1. The van der Waals surface area contributed by atoms with E-state index in [1.807, 2.05) is 0 Å². The first-order valence-electron chi connectivity index (χ1n) is 9.63. The third-order valence-electron chi connectivity index (χ3n) is 5.47. The zero-order chi connectivity index (χ0) is 21.1. The monoisotopic (exact) mass is 428 g/mol. The van der Waals surface area contributed by atoms with Gasteiger partial charge in [-0.2, -0.15) is 0 Å². The van der Waals surface area contributed by atoms with E-state index in [4.69, 9.17) is 14.6 Å². The van der Waals surface area contributed by atoms with Gasteiger partial charge in [0.05, 0.1) is 17.1 Å². The molecule has 2 aliphatic heterocycles. The third kappa shape index (κ3) is 5.81. The SMILES string of the molecule is CS(=O)(=O)c1cccc(OC[C@@H](O)CNC2COC3(CCN(C(=O)O)CC3)C2)c1. The van der Waals surface area contributed by atoms with Crippen molar-refractivity contribution in [1.82, 2.24) is 10.2 Å². The predicted octanol–water partition coefficient (Wildman–Crippen LogP) is 0.721. The van der Waals surface area contributed by atoms with Crippen molar-refractivity contribution in [3.8, 4) is 5.75 Å². The molecule has 29 heavy (non-hydrogen) atoms. The minimum absolute atomic E-state index is 0.0342. The van der Waals surface area contributed by atoms with Gasteiger partial charge in [0, 0.05) is 31.9 Å². The maximum Gasteiger partial charge on any atom is 0.407 e. The molecular weight excluding hydrogens is 400 g/mol. The van der Waals surface area contributed by atoms with Gasteiger partial charge in [0.2, 0.25) is 0 Å². The molecule has 1 amide bonds. The van der Waals surface area contributed by atoms with Crippen molar-refractivity contribution in [3.63, 3.8) is 0 Å². The first kappa shape index (κ1) is 21.8. The van der Waals surface area contributed by atoms with Gasteiger partial charge in [-0.15, -0.1) is 0 Å². The largest absolute Gasteiger partial charge is 0.491 e.